The maximum atomic E-state index is 13.6. The molecule has 1 heterocycles. The van der Waals surface area contributed by atoms with Gasteiger partial charge in [0.15, 0.2) is 5.78 Å². The number of ketones is 1. The third-order valence-corrected chi connectivity index (χ3v) is 5.66. The molecule has 0 bridgehead atoms. The number of halogens is 1. The molecular weight excluding hydrogens is 367 g/mol. The number of rotatable bonds is 2. The Labute approximate surface area is 170 Å². The summed E-state index contributed by atoms with van der Waals surface area (Å²) in [5.74, 6) is -0.403. The molecule has 0 spiro atoms. The number of Topliss-reactive ketones (excluding diaryl/α,β-unsaturated/α-hetero) is 1. The molecule has 1 atom stereocenters. The lowest BCUT2D eigenvalue weighted by atomic mass is 9.73. The Hall–Kier alpha value is -2.95. The number of para-hydroxylation sites is 2. The van der Waals surface area contributed by atoms with Crippen molar-refractivity contribution in [3.63, 3.8) is 0 Å². The number of anilines is 2. The fraction of sp³-hybridized carbons (Fsp3) is 0.333. The van der Waals surface area contributed by atoms with E-state index in [1.165, 1.54) is 12.1 Å². The maximum Gasteiger partial charge on any atom is 0.227 e. The van der Waals surface area contributed by atoms with Gasteiger partial charge in [-0.25, -0.2) is 4.39 Å². The molecule has 1 aliphatic carbocycles. The zero-order chi connectivity index (χ0) is 20.8. The lowest BCUT2D eigenvalue weighted by Crippen LogP contribution is -2.39. The Balaban J connectivity index is 2.00. The van der Waals surface area contributed by atoms with Crippen molar-refractivity contribution in [1.29, 1.82) is 0 Å². The summed E-state index contributed by atoms with van der Waals surface area (Å²) in [6.07, 6.45) is 1.41. The smallest absolute Gasteiger partial charge is 0.227 e. The normalized spacial score (nSPS) is 20.5. The third-order valence-electron chi connectivity index (χ3n) is 5.66. The SMILES string of the molecule is CCC(=O)N1c2ccccc2NC2=C(C(=O)CC(C)(C)C2)[C@H]1c1ccc(F)cc1. The molecule has 1 N–H and O–H groups in total. The summed E-state index contributed by atoms with van der Waals surface area (Å²) in [5, 5.41) is 3.46. The minimum absolute atomic E-state index is 0.0276. The zero-order valence-corrected chi connectivity index (χ0v) is 17.0. The summed E-state index contributed by atoms with van der Waals surface area (Å²) in [5.41, 5.74) is 3.54. The second-order valence-electron chi connectivity index (χ2n) is 8.55. The first-order valence-electron chi connectivity index (χ1n) is 10.0. The fourth-order valence-electron chi connectivity index (χ4n) is 4.39. The van der Waals surface area contributed by atoms with Gasteiger partial charge in [0.05, 0.1) is 17.4 Å². The van der Waals surface area contributed by atoms with Gasteiger partial charge < -0.3 is 5.32 Å². The molecule has 0 fully saturated rings. The third kappa shape index (κ3) is 3.46. The molecule has 0 saturated carbocycles. The highest BCUT2D eigenvalue weighted by Gasteiger charge is 2.42. The van der Waals surface area contributed by atoms with E-state index < -0.39 is 6.04 Å². The highest BCUT2D eigenvalue weighted by molar-refractivity contribution is 6.06. The van der Waals surface area contributed by atoms with E-state index in [0.29, 0.717) is 24.8 Å². The monoisotopic (exact) mass is 392 g/mol. The Bertz CT molecular complexity index is 1010. The van der Waals surface area contributed by atoms with Crippen molar-refractivity contribution in [2.75, 3.05) is 10.2 Å². The van der Waals surface area contributed by atoms with E-state index in [2.05, 4.69) is 19.2 Å². The van der Waals surface area contributed by atoms with Crippen molar-refractivity contribution >= 4 is 23.1 Å². The van der Waals surface area contributed by atoms with Crippen molar-refractivity contribution < 1.29 is 14.0 Å². The number of carbonyl (C=O) groups excluding carboxylic acids is 2. The van der Waals surface area contributed by atoms with Gasteiger partial charge in [0.2, 0.25) is 5.91 Å². The van der Waals surface area contributed by atoms with Crippen molar-refractivity contribution in [1.82, 2.24) is 0 Å². The maximum absolute atomic E-state index is 13.6. The second-order valence-corrected chi connectivity index (χ2v) is 8.55. The molecule has 2 aromatic rings. The summed E-state index contributed by atoms with van der Waals surface area (Å²) < 4.78 is 13.6. The molecule has 0 radical (unpaired) electrons. The lowest BCUT2D eigenvalue weighted by Gasteiger charge is -2.37. The van der Waals surface area contributed by atoms with Crippen LogP contribution in [-0.2, 0) is 9.59 Å². The van der Waals surface area contributed by atoms with Crippen LogP contribution < -0.4 is 10.2 Å². The van der Waals surface area contributed by atoms with Crippen molar-refractivity contribution in [2.24, 2.45) is 5.41 Å². The number of allylic oxidation sites excluding steroid dienone is 1. The first-order valence-corrected chi connectivity index (χ1v) is 10.0. The fourth-order valence-corrected chi connectivity index (χ4v) is 4.39. The van der Waals surface area contributed by atoms with Crippen LogP contribution in [0.5, 0.6) is 0 Å². The van der Waals surface area contributed by atoms with E-state index in [1.807, 2.05) is 31.2 Å². The van der Waals surface area contributed by atoms with Crippen LogP contribution in [0.15, 0.2) is 59.8 Å². The van der Waals surface area contributed by atoms with Gasteiger partial charge in [-0.15, -0.1) is 0 Å². The van der Waals surface area contributed by atoms with E-state index in [-0.39, 0.29) is 22.9 Å². The van der Waals surface area contributed by atoms with Crippen LogP contribution in [0, 0.1) is 11.2 Å². The number of fused-ring (bicyclic) bond motifs is 1. The van der Waals surface area contributed by atoms with Gasteiger partial charge in [-0.2, -0.15) is 0 Å². The number of nitrogens with zero attached hydrogens (tertiary/aromatic N) is 1. The number of hydrogen-bond acceptors (Lipinski definition) is 3. The predicted molar refractivity (Wildman–Crippen MR) is 112 cm³/mol. The second kappa shape index (κ2) is 7.14. The van der Waals surface area contributed by atoms with Gasteiger partial charge in [0, 0.05) is 24.1 Å². The summed E-state index contributed by atoms with van der Waals surface area (Å²) in [6.45, 7) is 5.97. The Morgan fingerprint density at radius 3 is 2.52 bits per heavy atom. The molecule has 0 unspecified atom stereocenters. The highest BCUT2D eigenvalue weighted by atomic mass is 19.1. The predicted octanol–water partition coefficient (Wildman–Crippen LogP) is 5.38. The molecular formula is C24H25FN2O2. The quantitative estimate of drug-likeness (QED) is 0.747. The summed E-state index contributed by atoms with van der Waals surface area (Å²) in [7, 11) is 0. The van der Waals surface area contributed by atoms with Crippen LogP contribution in [0.1, 0.15) is 51.6 Å². The van der Waals surface area contributed by atoms with Crippen molar-refractivity contribution in [3.05, 3.63) is 71.2 Å². The summed E-state index contributed by atoms with van der Waals surface area (Å²) in [6, 6.07) is 13.1. The number of benzene rings is 2. The Morgan fingerprint density at radius 1 is 1.14 bits per heavy atom. The van der Waals surface area contributed by atoms with Gasteiger partial charge in [0.25, 0.3) is 0 Å². The molecule has 4 nitrogen and oxygen atoms in total. The number of carbonyl (C=O) groups is 2. The lowest BCUT2D eigenvalue weighted by molar-refractivity contribution is -0.119. The van der Waals surface area contributed by atoms with Gasteiger partial charge in [-0.05, 0) is 41.7 Å². The van der Waals surface area contributed by atoms with Crippen LogP contribution in [0.3, 0.4) is 0 Å². The number of hydrogen-bond donors (Lipinski definition) is 1. The van der Waals surface area contributed by atoms with Crippen LogP contribution in [0.25, 0.3) is 0 Å². The molecule has 2 aromatic carbocycles. The van der Waals surface area contributed by atoms with Crippen molar-refractivity contribution in [3.8, 4) is 0 Å². The molecule has 150 valence electrons. The van der Waals surface area contributed by atoms with Crippen LogP contribution in [0.2, 0.25) is 0 Å². The Kier molecular flexibility index (Phi) is 4.77. The van der Waals surface area contributed by atoms with E-state index in [0.717, 1.165) is 22.6 Å². The molecule has 1 amide bonds. The minimum atomic E-state index is -0.585. The largest absolute Gasteiger partial charge is 0.357 e. The molecule has 2 aliphatic rings. The van der Waals surface area contributed by atoms with Crippen LogP contribution in [-0.4, -0.2) is 11.7 Å². The van der Waals surface area contributed by atoms with Gasteiger partial charge in [-0.3, -0.25) is 14.5 Å². The molecule has 5 heteroatoms. The van der Waals surface area contributed by atoms with Gasteiger partial charge in [-0.1, -0.05) is 45.0 Å². The molecule has 4 rings (SSSR count). The average Bonchev–Trinajstić information content (AvgIpc) is 2.81. The summed E-state index contributed by atoms with van der Waals surface area (Å²) >= 11 is 0. The number of nitrogens with one attached hydrogen (secondary N) is 1. The standard InChI is InChI=1S/C24H25FN2O2/c1-4-21(29)27-19-8-6-5-7-17(19)26-18-13-24(2,3)14-20(28)22(18)23(27)15-9-11-16(25)12-10-15/h5-12,23,26H,4,13-14H2,1-3H3/t23-/m1/s1. The summed E-state index contributed by atoms with van der Waals surface area (Å²) in [4.78, 5) is 28.2. The van der Waals surface area contributed by atoms with E-state index in [4.69, 9.17) is 0 Å². The van der Waals surface area contributed by atoms with E-state index in [9.17, 15) is 14.0 Å². The topological polar surface area (TPSA) is 49.4 Å². The first kappa shape index (κ1) is 19.4. The molecule has 1 aliphatic heterocycles. The Morgan fingerprint density at radius 2 is 1.83 bits per heavy atom. The highest BCUT2D eigenvalue weighted by Crippen LogP contribution is 2.48. The molecule has 0 saturated heterocycles. The minimum Gasteiger partial charge on any atom is -0.357 e. The van der Waals surface area contributed by atoms with E-state index in [1.54, 1.807) is 17.0 Å². The van der Waals surface area contributed by atoms with Gasteiger partial charge in [0.1, 0.15) is 5.82 Å². The van der Waals surface area contributed by atoms with Crippen LogP contribution in [0.4, 0.5) is 15.8 Å². The molecule has 0 aromatic heterocycles. The van der Waals surface area contributed by atoms with Gasteiger partial charge >= 0.3 is 0 Å². The average molecular weight is 392 g/mol. The van der Waals surface area contributed by atoms with Crippen molar-refractivity contribution in [2.45, 2.75) is 46.1 Å². The number of amides is 1. The first-order chi connectivity index (χ1) is 13.8. The molecule has 29 heavy (non-hydrogen) atoms. The van der Waals surface area contributed by atoms with Crippen LogP contribution >= 0.6 is 0 Å². The van der Waals surface area contributed by atoms with E-state index >= 15 is 0 Å². The zero-order valence-electron chi connectivity index (χ0n) is 17.0.